The van der Waals surface area contributed by atoms with Gasteiger partial charge in [0, 0.05) is 27.2 Å². The molecule has 1 heterocycles. The Morgan fingerprint density at radius 1 is 1.29 bits per heavy atom. The van der Waals surface area contributed by atoms with Crippen LogP contribution < -0.4 is 14.8 Å². The molecule has 1 aliphatic heterocycles. The van der Waals surface area contributed by atoms with Crippen LogP contribution in [-0.4, -0.2) is 13.7 Å². The van der Waals surface area contributed by atoms with E-state index in [-0.39, 0.29) is 6.04 Å². The van der Waals surface area contributed by atoms with Crippen LogP contribution in [0.15, 0.2) is 40.9 Å². The van der Waals surface area contributed by atoms with Crippen molar-refractivity contribution in [1.82, 2.24) is 0 Å². The monoisotopic (exact) mass is 367 g/mol. The third-order valence-electron chi connectivity index (χ3n) is 3.52. The lowest BCUT2D eigenvalue weighted by molar-refractivity contribution is 0.273. The minimum absolute atomic E-state index is 0.182. The van der Waals surface area contributed by atoms with Gasteiger partial charge in [0.1, 0.15) is 11.5 Å². The van der Waals surface area contributed by atoms with Crippen molar-refractivity contribution in [3.63, 3.8) is 0 Å². The second-order valence-corrected chi connectivity index (χ2v) is 6.15. The van der Waals surface area contributed by atoms with Gasteiger partial charge < -0.3 is 14.8 Å². The van der Waals surface area contributed by atoms with Crippen molar-refractivity contribution >= 4 is 33.2 Å². The van der Waals surface area contributed by atoms with E-state index in [2.05, 4.69) is 21.2 Å². The van der Waals surface area contributed by atoms with Crippen LogP contribution in [0, 0.1) is 0 Å². The van der Waals surface area contributed by atoms with Gasteiger partial charge in [-0.2, -0.15) is 0 Å². The number of halogens is 2. The molecule has 1 atom stereocenters. The van der Waals surface area contributed by atoms with Crippen molar-refractivity contribution in [3.05, 3.63) is 51.5 Å². The first kappa shape index (κ1) is 14.5. The van der Waals surface area contributed by atoms with Crippen molar-refractivity contribution in [2.75, 3.05) is 19.0 Å². The molecule has 3 nitrogen and oxygen atoms in total. The lowest BCUT2D eigenvalue weighted by Gasteiger charge is -2.28. The van der Waals surface area contributed by atoms with Crippen molar-refractivity contribution in [2.45, 2.75) is 12.5 Å². The zero-order valence-corrected chi connectivity index (χ0v) is 13.9. The first-order valence-corrected chi connectivity index (χ1v) is 7.87. The molecule has 2 aromatic rings. The minimum Gasteiger partial charge on any atom is -0.497 e. The van der Waals surface area contributed by atoms with E-state index in [9.17, 15) is 0 Å². The van der Waals surface area contributed by atoms with Gasteiger partial charge in [0.15, 0.2) is 0 Å². The van der Waals surface area contributed by atoms with E-state index < -0.39 is 0 Å². The largest absolute Gasteiger partial charge is 0.497 e. The maximum atomic E-state index is 5.99. The summed E-state index contributed by atoms with van der Waals surface area (Å²) in [4.78, 5) is 0. The van der Waals surface area contributed by atoms with Crippen molar-refractivity contribution < 1.29 is 9.47 Å². The Hall–Kier alpha value is -1.39. The highest BCUT2D eigenvalue weighted by molar-refractivity contribution is 9.10. The average Bonchev–Trinajstić information content (AvgIpc) is 2.50. The standard InChI is InChI=1S/C16H15BrClNO2/c1-20-11-3-5-16-12(9-11)14(6-7-21-16)19-15-4-2-10(18)8-13(15)17/h2-5,8-9,14,19H,6-7H2,1H3. The van der Waals surface area contributed by atoms with Crippen molar-refractivity contribution in [1.29, 1.82) is 0 Å². The number of methoxy groups -OCH3 is 1. The number of ether oxygens (including phenoxy) is 2. The molecule has 0 aliphatic carbocycles. The Bertz CT molecular complexity index is 663. The van der Waals surface area contributed by atoms with Gasteiger partial charge in [-0.05, 0) is 52.3 Å². The van der Waals surface area contributed by atoms with Gasteiger partial charge in [-0.1, -0.05) is 11.6 Å². The predicted molar refractivity (Wildman–Crippen MR) is 88.6 cm³/mol. The van der Waals surface area contributed by atoms with Crippen LogP contribution in [0.4, 0.5) is 5.69 Å². The molecule has 0 saturated heterocycles. The number of hydrogen-bond donors (Lipinski definition) is 1. The van der Waals surface area contributed by atoms with E-state index in [0.29, 0.717) is 11.6 Å². The molecule has 0 fully saturated rings. The van der Waals surface area contributed by atoms with E-state index in [4.69, 9.17) is 21.1 Å². The summed E-state index contributed by atoms with van der Waals surface area (Å²) in [7, 11) is 1.67. The molecule has 5 heteroatoms. The topological polar surface area (TPSA) is 30.5 Å². The zero-order chi connectivity index (χ0) is 14.8. The summed E-state index contributed by atoms with van der Waals surface area (Å²) >= 11 is 9.53. The van der Waals surface area contributed by atoms with Gasteiger partial charge in [0.2, 0.25) is 0 Å². The predicted octanol–water partition coefficient (Wildman–Crippen LogP) is 5.05. The molecule has 1 aliphatic rings. The lowest BCUT2D eigenvalue weighted by Crippen LogP contribution is -2.20. The summed E-state index contributed by atoms with van der Waals surface area (Å²) < 4.78 is 12.0. The SMILES string of the molecule is COc1ccc2c(c1)C(Nc1ccc(Cl)cc1Br)CCO2. The fraction of sp³-hybridized carbons (Fsp3) is 0.250. The highest BCUT2D eigenvalue weighted by Gasteiger charge is 2.22. The highest BCUT2D eigenvalue weighted by atomic mass is 79.9. The number of hydrogen-bond acceptors (Lipinski definition) is 3. The molecule has 1 N–H and O–H groups in total. The fourth-order valence-corrected chi connectivity index (χ4v) is 3.24. The maximum absolute atomic E-state index is 5.99. The number of rotatable bonds is 3. The summed E-state index contributed by atoms with van der Waals surface area (Å²) in [5, 5.41) is 4.25. The quantitative estimate of drug-likeness (QED) is 0.822. The van der Waals surface area contributed by atoms with Crippen molar-refractivity contribution in [2.24, 2.45) is 0 Å². The van der Waals surface area contributed by atoms with Gasteiger partial charge >= 0.3 is 0 Å². The highest BCUT2D eigenvalue weighted by Crippen LogP contribution is 2.38. The van der Waals surface area contributed by atoms with Crippen molar-refractivity contribution in [3.8, 4) is 11.5 Å². The number of anilines is 1. The second kappa shape index (κ2) is 6.16. The molecule has 110 valence electrons. The second-order valence-electron chi connectivity index (χ2n) is 4.86. The van der Waals surface area contributed by atoms with E-state index in [0.717, 1.165) is 33.6 Å². The molecule has 21 heavy (non-hydrogen) atoms. The summed E-state index contributed by atoms with van der Waals surface area (Å²) in [5.74, 6) is 1.74. The molecule has 0 spiro atoms. The van der Waals surface area contributed by atoms with E-state index in [1.54, 1.807) is 7.11 Å². The van der Waals surface area contributed by atoms with Crippen LogP contribution in [0.25, 0.3) is 0 Å². The molecule has 1 unspecified atom stereocenters. The van der Waals surface area contributed by atoms with Gasteiger partial charge in [-0.3, -0.25) is 0 Å². The maximum Gasteiger partial charge on any atom is 0.124 e. The number of benzene rings is 2. The summed E-state index contributed by atoms with van der Waals surface area (Å²) in [5.41, 5.74) is 2.13. The van der Waals surface area contributed by atoms with Crippen LogP contribution in [-0.2, 0) is 0 Å². The lowest BCUT2D eigenvalue weighted by atomic mass is 10.00. The molecule has 0 saturated carbocycles. The van der Waals surface area contributed by atoms with Gasteiger partial charge in [-0.15, -0.1) is 0 Å². The molecule has 2 aromatic carbocycles. The fourth-order valence-electron chi connectivity index (χ4n) is 2.44. The first-order valence-electron chi connectivity index (χ1n) is 6.69. The Morgan fingerprint density at radius 2 is 2.14 bits per heavy atom. The number of nitrogens with one attached hydrogen (secondary N) is 1. The van der Waals surface area contributed by atoms with E-state index >= 15 is 0 Å². The van der Waals surface area contributed by atoms with Gasteiger partial charge in [-0.25, -0.2) is 0 Å². The summed E-state index contributed by atoms with van der Waals surface area (Å²) in [6.45, 7) is 0.697. The molecule has 3 rings (SSSR count). The van der Waals surface area contributed by atoms with E-state index in [1.807, 2.05) is 36.4 Å². The van der Waals surface area contributed by atoms with Crippen LogP contribution in [0.5, 0.6) is 11.5 Å². The zero-order valence-electron chi connectivity index (χ0n) is 11.5. The van der Waals surface area contributed by atoms with Crippen LogP contribution in [0.2, 0.25) is 5.02 Å². The summed E-state index contributed by atoms with van der Waals surface area (Å²) in [6.07, 6.45) is 0.898. The Labute approximate surface area is 137 Å². The van der Waals surface area contributed by atoms with Crippen LogP contribution in [0.3, 0.4) is 0 Å². The average molecular weight is 369 g/mol. The first-order chi connectivity index (χ1) is 10.2. The number of fused-ring (bicyclic) bond motifs is 1. The van der Waals surface area contributed by atoms with Gasteiger partial charge in [0.05, 0.1) is 19.8 Å². The molecule has 0 amide bonds. The molecule has 0 bridgehead atoms. The molecular weight excluding hydrogens is 354 g/mol. The normalized spacial score (nSPS) is 16.8. The molecule has 0 aromatic heterocycles. The third kappa shape index (κ3) is 3.11. The van der Waals surface area contributed by atoms with Gasteiger partial charge in [0.25, 0.3) is 0 Å². The smallest absolute Gasteiger partial charge is 0.124 e. The van der Waals surface area contributed by atoms with Crippen LogP contribution in [0.1, 0.15) is 18.0 Å². The molecule has 0 radical (unpaired) electrons. The Morgan fingerprint density at radius 3 is 2.90 bits per heavy atom. The summed E-state index contributed by atoms with van der Waals surface area (Å²) in [6, 6.07) is 11.8. The van der Waals surface area contributed by atoms with E-state index in [1.165, 1.54) is 0 Å². The molecular formula is C16H15BrClNO2. The third-order valence-corrected chi connectivity index (χ3v) is 4.41. The van der Waals surface area contributed by atoms with Crippen LogP contribution >= 0.6 is 27.5 Å². The minimum atomic E-state index is 0.182. The Kier molecular flexibility index (Phi) is 4.27. The Balaban J connectivity index is 1.90.